The van der Waals surface area contributed by atoms with Crippen molar-refractivity contribution >= 4 is 16.8 Å². The summed E-state index contributed by atoms with van der Waals surface area (Å²) in [6, 6.07) is 12.0. The summed E-state index contributed by atoms with van der Waals surface area (Å²) < 4.78 is 0. The van der Waals surface area contributed by atoms with Crippen LogP contribution in [0, 0.1) is 20.8 Å². The highest BCUT2D eigenvalue weighted by atomic mass is 16.2. The molecule has 0 saturated carbocycles. The molecule has 1 atom stereocenters. The van der Waals surface area contributed by atoms with Gasteiger partial charge in [-0.25, -0.2) is 0 Å². The van der Waals surface area contributed by atoms with Crippen molar-refractivity contribution in [2.45, 2.75) is 46.1 Å². The van der Waals surface area contributed by atoms with Gasteiger partial charge < -0.3 is 4.90 Å². The van der Waals surface area contributed by atoms with Gasteiger partial charge in [-0.3, -0.25) is 14.8 Å². The number of hydrogen-bond donors (Lipinski definition) is 0. The molecule has 1 aromatic carbocycles. The zero-order valence-electron chi connectivity index (χ0n) is 16.2. The van der Waals surface area contributed by atoms with Crippen LogP contribution in [0.15, 0.2) is 42.6 Å². The summed E-state index contributed by atoms with van der Waals surface area (Å²) in [6.07, 6.45) is 4.93. The third-order valence-electron chi connectivity index (χ3n) is 5.66. The quantitative estimate of drug-likeness (QED) is 0.652. The van der Waals surface area contributed by atoms with Gasteiger partial charge in [-0.1, -0.05) is 18.2 Å². The zero-order chi connectivity index (χ0) is 19.0. The Morgan fingerprint density at radius 2 is 1.96 bits per heavy atom. The summed E-state index contributed by atoms with van der Waals surface area (Å²) in [5.41, 5.74) is 5.89. The van der Waals surface area contributed by atoms with Crippen LogP contribution in [-0.4, -0.2) is 27.3 Å². The summed E-state index contributed by atoms with van der Waals surface area (Å²) in [5.74, 6) is 0.0871. The Morgan fingerprint density at radius 3 is 2.74 bits per heavy atom. The lowest BCUT2D eigenvalue weighted by Crippen LogP contribution is -2.39. The monoisotopic (exact) mass is 359 g/mol. The van der Waals surface area contributed by atoms with Gasteiger partial charge in [0, 0.05) is 23.8 Å². The molecule has 1 aliphatic heterocycles. The van der Waals surface area contributed by atoms with Crippen molar-refractivity contribution in [3.63, 3.8) is 0 Å². The predicted molar refractivity (Wildman–Crippen MR) is 108 cm³/mol. The van der Waals surface area contributed by atoms with E-state index in [4.69, 9.17) is 4.98 Å². The molecule has 0 spiro atoms. The highest BCUT2D eigenvalue weighted by Crippen LogP contribution is 2.33. The second kappa shape index (κ2) is 7.10. The first kappa shape index (κ1) is 17.7. The topological polar surface area (TPSA) is 46.1 Å². The number of benzene rings is 1. The number of piperidine rings is 1. The number of carbonyl (C=O) groups is 1. The number of rotatable bonds is 2. The van der Waals surface area contributed by atoms with Crippen LogP contribution in [0.25, 0.3) is 10.9 Å². The van der Waals surface area contributed by atoms with Crippen molar-refractivity contribution < 1.29 is 4.79 Å². The Kier molecular flexibility index (Phi) is 4.65. The minimum atomic E-state index is 0.0440. The van der Waals surface area contributed by atoms with E-state index in [0.717, 1.165) is 59.2 Å². The second-order valence-corrected chi connectivity index (χ2v) is 7.48. The van der Waals surface area contributed by atoms with Crippen LogP contribution in [0.3, 0.4) is 0 Å². The Hall–Kier alpha value is -2.75. The van der Waals surface area contributed by atoms with Crippen molar-refractivity contribution in [3.05, 3.63) is 70.7 Å². The molecule has 27 heavy (non-hydrogen) atoms. The van der Waals surface area contributed by atoms with Crippen molar-refractivity contribution in [2.24, 2.45) is 0 Å². The number of nitrogens with zero attached hydrogens (tertiary/aromatic N) is 3. The van der Waals surface area contributed by atoms with E-state index in [2.05, 4.69) is 24.9 Å². The molecule has 0 N–H and O–H groups in total. The molecule has 138 valence electrons. The fraction of sp³-hybridized carbons (Fsp3) is 0.348. The van der Waals surface area contributed by atoms with Crippen LogP contribution in [0.4, 0.5) is 0 Å². The lowest BCUT2D eigenvalue weighted by atomic mass is 9.95. The largest absolute Gasteiger partial charge is 0.330 e. The number of aromatic nitrogens is 2. The molecule has 1 saturated heterocycles. The Labute approximate surface area is 160 Å². The van der Waals surface area contributed by atoms with Gasteiger partial charge >= 0.3 is 0 Å². The molecule has 2 aromatic heterocycles. The zero-order valence-corrected chi connectivity index (χ0v) is 16.2. The maximum Gasteiger partial charge on any atom is 0.255 e. The number of fused-ring (bicyclic) bond motifs is 1. The summed E-state index contributed by atoms with van der Waals surface area (Å²) in [5, 5.41) is 0.944. The standard InChI is InChI=1S/C23H25N3O/c1-15-10-11-18-19(14-16(2)25-22(18)17(15)3)23(27)26-13-7-5-9-21(26)20-8-4-6-12-24-20/h4,6,8,10-12,14,21H,5,7,9,13H2,1-3H3/t21-/m1/s1. The molecule has 0 unspecified atom stereocenters. The molecular weight excluding hydrogens is 334 g/mol. The number of amides is 1. The van der Waals surface area contributed by atoms with Gasteiger partial charge in [0.05, 0.1) is 22.8 Å². The van der Waals surface area contributed by atoms with Gasteiger partial charge in [0.1, 0.15) is 0 Å². The molecule has 4 nitrogen and oxygen atoms in total. The average molecular weight is 359 g/mol. The first-order valence-corrected chi connectivity index (χ1v) is 9.65. The first-order chi connectivity index (χ1) is 13.1. The molecule has 3 heterocycles. The predicted octanol–water partition coefficient (Wildman–Crippen LogP) is 4.92. The molecule has 4 heteroatoms. The van der Waals surface area contributed by atoms with Gasteiger partial charge in [0.15, 0.2) is 0 Å². The van der Waals surface area contributed by atoms with Gasteiger partial charge in [-0.15, -0.1) is 0 Å². The van der Waals surface area contributed by atoms with Crippen molar-refractivity contribution in [1.82, 2.24) is 14.9 Å². The minimum Gasteiger partial charge on any atom is -0.330 e. The molecule has 1 aliphatic rings. The maximum atomic E-state index is 13.6. The van der Waals surface area contributed by atoms with E-state index < -0.39 is 0 Å². The third-order valence-corrected chi connectivity index (χ3v) is 5.66. The molecular formula is C23H25N3O. The van der Waals surface area contributed by atoms with Crippen molar-refractivity contribution in [2.75, 3.05) is 6.54 Å². The lowest BCUT2D eigenvalue weighted by molar-refractivity contribution is 0.0608. The fourth-order valence-corrected chi connectivity index (χ4v) is 4.04. The molecule has 1 fully saturated rings. The second-order valence-electron chi connectivity index (χ2n) is 7.48. The molecule has 0 bridgehead atoms. The van der Waals surface area contributed by atoms with Crippen LogP contribution in [0.1, 0.15) is 58.2 Å². The lowest BCUT2D eigenvalue weighted by Gasteiger charge is -2.35. The van der Waals surface area contributed by atoms with E-state index >= 15 is 0 Å². The third kappa shape index (κ3) is 3.20. The van der Waals surface area contributed by atoms with E-state index in [1.807, 2.05) is 48.4 Å². The summed E-state index contributed by atoms with van der Waals surface area (Å²) in [4.78, 5) is 24.9. The molecule has 3 aromatic rings. The fourth-order valence-electron chi connectivity index (χ4n) is 4.04. The Balaban J connectivity index is 1.81. The van der Waals surface area contributed by atoms with E-state index in [9.17, 15) is 4.79 Å². The van der Waals surface area contributed by atoms with E-state index in [-0.39, 0.29) is 11.9 Å². The Bertz CT molecular complexity index is 997. The number of pyridine rings is 2. The van der Waals surface area contributed by atoms with Gasteiger partial charge in [-0.2, -0.15) is 0 Å². The average Bonchev–Trinajstić information content (AvgIpc) is 2.70. The maximum absolute atomic E-state index is 13.6. The smallest absolute Gasteiger partial charge is 0.255 e. The van der Waals surface area contributed by atoms with Gasteiger partial charge in [0.25, 0.3) is 5.91 Å². The summed E-state index contributed by atoms with van der Waals surface area (Å²) >= 11 is 0. The molecule has 0 aliphatic carbocycles. The Morgan fingerprint density at radius 1 is 1.11 bits per heavy atom. The van der Waals surface area contributed by atoms with E-state index in [0.29, 0.717) is 0 Å². The highest BCUT2D eigenvalue weighted by Gasteiger charge is 2.30. The van der Waals surface area contributed by atoms with Gasteiger partial charge in [0.2, 0.25) is 0 Å². The first-order valence-electron chi connectivity index (χ1n) is 9.65. The van der Waals surface area contributed by atoms with Gasteiger partial charge in [-0.05, 0) is 69.4 Å². The van der Waals surface area contributed by atoms with E-state index in [1.54, 1.807) is 0 Å². The van der Waals surface area contributed by atoms with E-state index in [1.165, 1.54) is 5.56 Å². The van der Waals surface area contributed by atoms with Crippen LogP contribution in [0.2, 0.25) is 0 Å². The number of hydrogen-bond acceptors (Lipinski definition) is 3. The van der Waals surface area contributed by atoms with Crippen LogP contribution >= 0.6 is 0 Å². The molecule has 1 amide bonds. The van der Waals surface area contributed by atoms with Crippen LogP contribution < -0.4 is 0 Å². The molecule has 0 radical (unpaired) electrons. The minimum absolute atomic E-state index is 0.0440. The summed E-state index contributed by atoms with van der Waals surface area (Å²) in [6.45, 7) is 6.90. The molecule has 4 rings (SSSR count). The van der Waals surface area contributed by atoms with Crippen molar-refractivity contribution in [1.29, 1.82) is 0 Å². The number of carbonyl (C=O) groups excluding carboxylic acids is 1. The SMILES string of the molecule is Cc1cc(C(=O)N2CCCC[C@@H]2c2ccccn2)c2ccc(C)c(C)c2n1. The van der Waals surface area contributed by atoms with Crippen LogP contribution in [0.5, 0.6) is 0 Å². The van der Waals surface area contributed by atoms with Crippen LogP contribution in [-0.2, 0) is 0 Å². The number of aryl methyl sites for hydroxylation is 3. The summed E-state index contributed by atoms with van der Waals surface area (Å²) in [7, 11) is 0. The number of likely N-dealkylation sites (tertiary alicyclic amines) is 1. The van der Waals surface area contributed by atoms with Crippen molar-refractivity contribution in [3.8, 4) is 0 Å². The highest BCUT2D eigenvalue weighted by molar-refractivity contribution is 6.07. The normalized spacial score (nSPS) is 17.3.